The molecule has 0 radical (unpaired) electrons. The minimum absolute atomic E-state index is 0.713. The SMILES string of the molecule is CC.CCC(C)CN.CCCCCN. The highest BCUT2D eigenvalue weighted by Crippen LogP contribution is 1.93. The molecule has 1 atom stereocenters. The molecule has 1 unspecified atom stereocenters. The van der Waals surface area contributed by atoms with Gasteiger partial charge in [-0.25, -0.2) is 0 Å². The molecule has 0 heterocycles. The Morgan fingerprint density at radius 2 is 1.50 bits per heavy atom. The summed E-state index contributed by atoms with van der Waals surface area (Å²) in [7, 11) is 0. The van der Waals surface area contributed by atoms with Gasteiger partial charge in [-0.15, -0.1) is 0 Å². The molecule has 2 nitrogen and oxygen atoms in total. The summed E-state index contributed by atoms with van der Waals surface area (Å²) in [5.41, 5.74) is 10.5. The van der Waals surface area contributed by atoms with E-state index < -0.39 is 0 Å². The molecular weight excluding hydrogens is 172 g/mol. The zero-order valence-corrected chi connectivity index (χ0v) is 11.0. The van der Waals surface area contributed by atoms with Crippen molar-refractivity contribution in [2.75, 3.05) is 13.1 Å². The van der Waals surface area contributed by atoms with Crippen LogP contribution >= 0.6 is 0 Å². The van der Waals surface area contributed by atoms with Crippen LogP contribution in [0.25, 0.3) is 0 Å². The Morgan fingerprint density at radius 3 is 1.57 bits per heavy atom. The smallest absolute Gasteiger partial charge is 0.00516 e. The molecule has 0 aliphatic carbocycles. The Bertz CT molecular complexity index is 57.3. The monoisotopic (exact) mass is 204 g/mol. The van der Waals surface area contributed by atoms with Gasteiger partial charge in [-0.3, -0.25) is 0 Å². The first-order valence-corrected chi connectivity index (χ1v) is 6.12. The second kappa shape index (κ2) is 23.1. The molecule has 0 spiro atoms. The van der Waals surface area contributed by atoms with Crippen LogP contribution in [0.5, 0.6) is 0 Å². The van der Waals surface area contributed by atoms with Crippen LogP contribution in [0.1, 0.15) is 60.3 Å². The summed E-state index contributed by atoms with van der Waals surface area (Å²) in [4.78, 5) is 0. The highest BCUT2D eigenvalue weighted by molar-refractivity contribution is 4.45. The van der Waals surface area contributed by atoms with E-state index in [1.165, 1.54) is 25.7 Å². The summed E-state index contributed by atoms with van der Waals surface area (Å²) in [6.07, 6.45) is 4.96. The summed E-state index contributed by atoms with van der Waals surface area (Å²) < 4.78 is 0. The Labute approximate surface area is 91.4 Å². The normalized spacial score (nSPS) is 10.5. The highest BCUT2D eigenvalue weighted by atomic mass is 14.5. The number of rotatable bonds is 5. The minimum atomic E-state index is 0.713. The zero-order valence-electron chi connectivity index (χ0n) is 11.0. The third-order valence-electron chi connectivity index (χ3n) is 1.91. The Balaban J connectivity index is -0.000000147. The molecule has 90 valence electrons. The summed E-state index contributed by atoms with van der Waals surface area (Å²) in [6, 6.07) is 0. The van der Waals surface area contributed by atoms with Crippen LogP contribution < -0.4 is 11.5 Å². The summed E-state index contributed by atoms with van der Waals surface area (Å²) >= 11 is 0. The maximum Gasteiger partial charge on any atom is -0.00516 e. The molecule has 0 bridgehead atoms. The van der Waals surface area contributed by atoms with Crippen LogP contribution in [0.2, 0.25) is 0 Å². The van der Waals surface area contributed by atoms with E-state index in [0.717, 1.165) is 13.1 Å². The fourth-order valence-corrected chi connectivity index (χ4v) is 0.561. The van der Waals surface area contributed by atoms with Gasteiger partial charge in [0.25, 0.3) is 0 Å². The molecule has 0 aromatic heterocycles. The van der Waals surface area contributed by atoms with Crippen molar-refractivity contribution in [3.8, 4) is 0 Å². The fourth-order valence-electron chi connectivity index (χ4n) is 0.561. The number of unbranched alkanes of at least 4 members (excludes halogenated alkanes) is 2. The van der Waals surface area contributed by atoms with Crippen molar-refractivity contribution < 1.29 is 0 Å². The molecule has 14 heavy (non-hydrogen) atoms. The second-order valence-electron chi connectivity index (χ2n) is 3.24. The molecule has 2 heteroatoms. The summed E-state index contributed by atoms with van der Waals surface area (Å²) in [5.74, 6) is 0.713. The van der Waals surface area contributed by atoms with Crippen LogP contribution in [-0.2, 0) is 0 Å². The standard InChI is InChI=1S/2C5H13N.C2H6/c1-3-5(2)4-6;1-2-3-4-5-6;1-2/h5H,3-4,6H2,1-2H3;2-6H2,1H3;1-2H3. The highest BCUT2D eigenvalue weighted by Gasteiger charge is 1.88. The molecule has 0 amide bonds. The fraction of sp³-hybridized carbons (Fsp3) is 1.00. The predicted molar refractivity (Wildman–Crippen MR) is 68.4 cm³/mol. The molecule has 0 fully saturated rings. The van der Waals surface area contributed by atoms with Gasteiger partial charge in [0.05, 0.1) is 0 Å². The van der Waals surface area contributed by atoms with Gasteiger partial charge >= 0.3 is 0 Å². The molecule has 4 N–H and O–H groups in total. The van der Waals surface area contributed by atoms with E-state index in [9.17, 15) is 0 Å². The second-order valence-corrected chi connectivity index (χ2v) is 3.24. The largest absolute Gasteiger partial charge is 0.330 e. The lowest BCUT2D eigenvalue weighted by Crippen LogP contribution is -2.08. The Morgan fingerprint density at radius 1 is 1.00 bits per heavy atom. The van der Waals surface area contributed by atoms with Crippen LogP contribution in [0.4, 0.5) is 0 Å². The molecule has 0 aromatic rings. The summed E-state index contributed by atoms with van der Waals surface area (Å²) in [5, 5.41) is 0. The van der Waals surface area contributed by atoms with Crippen molar-refractivity contribution in [1.29, 1.82) is 0 Å². The van der Waals surface area contributed by atoms with Crippen molar-refractivity contribution in [2.24, 2.45) is 17.4 Å². The average Bonchev–Trinajstić information content (AvgIpc) is 2.28. The summed E-state index contributed by atoms with van der Waals surface area (Å²) in [6.45, 7) is 12.2. The lowest BCUT2D eigenvalue weighted by molar-refractivity contribution is 0.576. The predicted octanol–water partition coefficient (Wildman–Crippen LogP) is 3.15. The van der Waals surface area contributed by atoms with Crippen LogP contribution in [-0.4, -0.2) is 13.1 Å². The van der Waals surface area contributed by atoms with E-state index >= 15 is 0 Å². The minimum Gasteiger partial charge on any atom is -0.330 e. The van der Waals surface area contributed by atoms with Crippen molar-refractivity contribution in [3.05, 3.63) is 0 Å². The van der Waals surface area contributed by atoms with E-state index in [2.05, 4.69) is 20.8 Å². The van der Waals surface area contributed by atoms with Crippen LogP contribution in [0.3, 0.4) is 0 Å². The molecular formula is C12H32N2. The Kier molecular flexibility index (Phi) is 32.1. The van der Waals surface area contributed by atoms with Gasteiger partial charge in [0.2, 0.25) is 0 Å². The molecule has 0 aliphatic heterocycles. The van der Waals surface area contributed by atoms with Crippen molar-refractivity contribution >= 4 is 0 Å². The first kappa shape index (κ1) is 19.5. The average molecular weight is 204 g/mol. The molecule has 0 aliphatic rings. The molecule has 0 aromatic carbocycles. The third-order valence-corrected chi connectivity index (χ3v) is 1.91. The van der Waals surface area contributed by atoms with Gasteiger partial charge in [0, 0.05) is 0 Å². The lowest BCUT2D eigenvalue weighted by Gasteiger charge is -1.98. The van der Waals surface area contributed by atoms with Gasteiger partial charge in [0.1, 0.15) is 0 Å². The van der Waals surface area contributed by atoms with E-state index in [0.29, 0.717) is 5.92 Å². The van der Waals surface area contributed by atoms with E-state index in [4.69, 9.17) is 11.5 Å². The van der Waals surface area contributed by atoms with Crippen molar-refractivity contribution in [1.82, 2.24) is 0 Å². The first-order chi connectivity index (χ1) is 6.72. The van der Waals surface area contributed by atoms with Gasteiger partial charge in [0.15, 0.2) is 0 Å². The van der Waals surface area contributed by atoms with Gasteiger partial charge < -0.3 is 11.5 Å². The molecule has 0 rings (SSSR count). The zero-order chi connectivity index (χ0) is 11.8. The lowest BCUT2D eigenvalue weighted by atomic mass is 10.1. The first-order valence-electron chi connectivity index (χ1n) is 6.12. The Hall–Kier alpha value is -0.0800. The van der Waals surface area contributed by atoms with E-state index in [1.807, 2.05) is 13.8 Å². The molecule has 0 saturated heterocycles. The molecule has 0 saturated carbocycles. The van der Waals surface area contributed by atoms with Gasteiger partial charge in [-0.05, 0) is 25.4 Å². The van der Waals surface area contributed by atoms with E-state index in [-0.39, 0.29) is 0 Å². The quantitative estimate of drug-likeness (QED) is 0.676. The number of hydrogen-bond donors (Lipinski definition) is 2. The van der Waals surface area contributed by atoms with Gasteiger partial charge in [-0.1, -0.05) is 53.9 Å². The maximum atomic E-state index is 5.28. The number of nitrogens with two attached hydrogens (primary N) is 2. The van der Waals surface area contributed by atoms with Crippen molar-refractivity contribution in [2.45, 2.75) is 60.3 Å². The topological polar surface area (TPSA) is 52.0 Å². The maximum absolute atomic E-state index is 5.28. The van der Waals surface area contributed by atoms with Crippen molar-refractivity contribution in [3.63, 3.8) is 0 Å². The van der Waals surface area contributed by atoms with E-state index in [1.54, 1.807) is 0 Å². The van der Waals surface area contributed by atoms with Gasteiger partial charge in [-0.2, -0.15) is 0 Å². The third kappa shape index (κ3) is 29.7. The number of hydrogen-bond acceptors (Lipinski definition) is 2. The van der Waals surface area contributed by atoms with Crippen LogP contribution in [0.15, 0.2) is 0 Å². The van der Waals surface area contributed by atoms with Crippen LogP contribution in [0, 0.1) is 5.92 Å².